The standard InChI is InChI=1S/C33H34O2/c1-5-19-33(20-6-2)31-21-25(23-7-13-27(34-3)14-8-23)11-17-29(31)30-18-12-26(22-32(30)33)24-9-15-28(35-4)16-10-24/h7-18,21-22H,5-6,19-20H2,1-4H3. The summed E-state index contributed by atoms with van der Waals surface area (Å²) in [5, 5.41) is 0. The highest BCUT2D eigenvalue weighted by Crippen LogP contribution is 2.55. The van der Waals surface area contributed by atoms with Gasteiger partial charge in [0.25, 0.3) is 0 Å². The van der Waals surface area contributed by atoms with E-state index in [1.54, 1.807) is 14.2 Å². The van der Waals surface area contributed by atoms with E-state index >= 15 is 0 Å². The van der Waals surface area contributed by atoms with Crippen LogP contribution in [0.5, 0.6) is 11.5 Å². The van der Waals surface area contributed by atoms with Crippen molar-refractivity contribution in [2.24, 2.45) is 0 Å². The Bertz CT molecular complexity index is 1210. The normalized spacial score (nSPS) is 13.3. The van der Waals surface area contributed by atoms with Crippen molar-refractivity contribution in [2.45, 2.75) is 44.9 Å². The highest BCUT2D eigenvalue weighted by Gasteiger charge is 2.42. The van der Waals surface area contributed by atoms with Crippen LogP contribution >= 0.6 is 0 Å². The van der Waals surface area contributed by atoms with Gasteiger partial charge in [-0.3, -0.25) is 0 Å². The van der Waals surface area contributed by atoms with Crippen molar-refractivity contribution in [3.05, 3.63) is 96.1 Å². The molecule has 0 bridgehead atoms. The van der Waals surface area contributed by atoms with Crippen molar-refractivity contribution in [1.29, 1.82) is 0 Å². The molecule has 0 aliphatic heterocycles. The molecule has 2 nitrogen and oxygen atoms in total. The number of hydrogen-bond donors (Lipinski definition) is 0. The molecule has 0 atom stereocenters. The second-order valence-corrected chi connectivity index (χ2v) is 9.56. The molecule has 4 aromatic rings. The smallest absolute Gasteiger partial charge is 0.118 e. The molecule has 0 amide bonds. The Morgan fingerprint density at radius 2 is 0.886 bits per heavy atom. The van der Waals surface area contributed by atoms with Crippen LogP contribution in [-0.4, -0.2) is 14.2 Å². The number of fused-ring (bicyclic) bond motifs is 3. The maximum absolute atomic E-state index is 5.37. The Labute approximate surface area is 209 Å². The third kappa shape index (κ3) is 4.01. The lowest BCUT2D eigenvalue weighted by Crippen LogP contribution is -2.25. The summed E-state index contributed by atoms with van der Waals surface area (Å²) in [7, 11) is 3.43. The van der Waals surface area contributed by atoms with Gasteiger partial charge in [0, 0.05) is 5.41 Å². The molecule has 5 rings (SSSR count). The van der Waals surface area contributed by atoms with E-state index in [-0.39, 0.29) is 5.41 Å². The van der Waals surface area contributed by atoms with Crippen LogP contribution < -0.4 is 9.47 Å². The third-order valence-electron chi connectivity index (χ3n) is 7.56. The molecule has 0 saturated carbocycles. The average molecular weight is 463 g/mol. The zero-order valence-corrected chi connectivity index (χ0v) is 21.2. The Hall–Kier alpha value is -3.52. The maximum atomic E-state index is 5.37. The monoisotopic (exact) mass is 462 g/mol. The first-order valence-electron chi connectivity index (χ1n) is 12.7. The molecule has 0 N–H and O–H groups in total. The van der Waals surface area contributed by atoms with Crippen LogP contribution in [0.25, 0.3) is 33.4 Å². The average Bonchev–Trinajstić information content (AvgIpc) is 3.17. The number of ether oxygens (including phenoxy) is 2. The van der Waals surface area contributed by atoms with E-state index in [2.05, 4.69) is 74.5 Å². The molecular weight excluding hydrogens is 428 g/mol. The van der Waals surface area contributed by atoms with Crippen LogP contribution in [0.3, 0.4) is 0 Å². The van der Waals surface area contributed by atoms with Gasteiger partial charge in [-0.1, -0.05) is 75.2 Å². The Kier molecular flexibility index (Phi) is 6.38. The second kappa shape index (κ2) is 9.62. The third-order valence-corrected chi connectivity index (χ3v) is 7.56. The summed E-state index contributed by atoms with van der Waals surface area (Å²) in [4.78, 5) is 0. The fourth-order valence-electron chi connectivity index (χ4n) is 5.94. The molecule has 0 saturated heterocycles. The second-order valence-electron chi connectivity index (χ2n) is 9.56. The van der Waals surface area contributed by atoms with Crippen LogP contribution in [-0.2, 0) is 5.41 Å². The predicted octanol–water partition coefficient (Wildman–Crippen LogP) is 8.90. The van der Waals surface area contributed by atoms with Crippen molar-refractivity contribution in [3.63, 3.8) is 0 Å². The number of methoxy groups -OCH3 is 2. The van der Waals surface area contributed by atoms with Gasteiger partial charge in [-0.15, -0.1) is 0 Å². The van der Waals surface area contributed by atoms with Crippen LogP contribution in [0.15, 0.2) is 84.9 Å². The lowest BCUT2D eigenvalue weighted by molar-refractivity contribution is 0.415. The molecule has 0 fully saturated rings. The van der Waals surface area contributed by atoms with E-state index in [0.717, 1.165) is 37.2 Å². The highest BCUT2D eigenvalue weighted by molar-refractivity contribution is 5.86. The predicted molar refractivity (Wildman–Crippen MR) is 146 cm³/mol. The summed E-state index contributed by atoms with van der Waals surface area (Å²) in [5.74, 6) is 1.78. The Morgan fingerprint density at radius 1 is 0.514 bits per heavy atom. The van der Waals surface area contributed by atoms with E-state index in [1.165, 1.54) is 44.5 Å². The van der Waals surface area contributed by atoms with Crippen molar-refractivity contribution < 1.29 is 9.47 Å². The molecule has 0 aromatic heterocycles. The minimum Gasteiger partial charge on any atom is -0.497 e. The van der Waals surface area contributed by atoms with E-state index in [4.69, 9.17) is 9.47 Å². The lowest BCUT2D eigenvalue weighted by Gasteiger charge is -2.32. The van der Waals surface area contributed by atoms with Gasteiger partial charge >= 0.3 is 0 Å². The van der Waals surface area contributed by atoms with Gasteiger partial charge in [0.05, 0.1) is 14.2 Å². The van der Waals surface area contributed by atoms with Crippen molar-refractivity contribution in [2.75, 3.05) is 14.2 Å². The molecule has 1 aliphatic rings. The number of benzene rings is 4. The van der Waals surface area contributed by atoms with Crippen molar-refractivity contribution in [3.8, 4) is 44.9 Å². The zero-order valence-electron chi connectivity index (χ0n) is 21.2. The summed E-state index contributed by atoms with van der Waals surface area (Å²) in [6.45, 7) is 4.63. The van der Waals surface area contributed by atoms with Gasteiger partial charge in [0.15, 0.2) is 0 Å². The van der Waals surface area contributed by atoms with E-state index in [1.807, 2.05) is 24.3 Å². The van der Waals surface area contributed by atoms with Gasteiger partial charge in [0.1, 0.15) is 11.5 Å². The lowest BCUT2D eigenvalue weighted by atomic mass is 9.71. The van der Waals surface area contributed by atoms with E-state index < -0.39 is 0 Å². The Morgan fingerprint density at radius 3 is 1.23 bits per heavy atom. The van der Waals surface area contributed by atoms with Crippen LogP contribution in [0, 0.1) is 0 Å². The number of rotatable bonds is 8. The maximum Gasteiger partial charge on any atom is 0.118 e. The number of hydrogen-bond acceptors (Lipinski definition) is 2. The first-order valence-corrected chi connectivity index (χ1v) is 12.7. The molecule has 0 spiro atoms. The molecule has 0 unspecified atom stereocenters. The first-order chi connectivity index (χ1) is 17.1. The summed E-state index contributed by atoms with van der Waals surface area (Å²) < 4.78 is 10.7. The highest BCUT2D eigenvalue weighted by atomic mass is 16.5. The molecule has 4 aromatic carbocycles. The first kappa shape index (κ1) is 23.2. The summed E-state index contributed by atoms with van der Waals surface area (Å²) in [6.07, 6.45) is 4.61. The molecule has 178 valence electrons. The fourth-order valence-corrected chi connectivity index (χ4v) is 5.94. The van der Waals surface area contributed by atoms with E-state index in [9.17, 15) is 0 Å². The SMILES string of the molecule is CCCC1(CCC)c2cc(-c3ccc(OC)cc3)ccc2-c2ccc(-c3ccc(OC)cc3)cc21. The fraction of sp³-hybridized carbons (Fsp3) is 0.273. The molecule has 0 heterocycles. The quantitative estimate of drug-likeness (QED) is 0.260. The van der Waals surface area contributed by atoms with Crippen LogP contribution in [0.1, 0.15) is 50.7 Å². The van der Waals surface area contributed by atoms with E-state index in [0.29, 0.717) is 0 Å². The minimum atomic E-state index is 0.0408. The molecule has 2 heteroatoms. The zero-order chi connectivity index (χ0) is 24.4. The van der Waals surface area contributed by atoms with Gasteiger partial charge in [-0.2, -0.15) is 0 Å². The van der Waals surface area contributed by atoms with Gasteiger partial charge < -0.3 is 9.47 Å². The molecule has 35 heavy (non-hydrogen) atoms. The summed E-state index contributed by atoms with van der Waals surface area (Å²) >= 11 is 0. The summed E-state index contributed by atoms with van der Waals surface area (Å²) in [5.41, 5.74) is 10.8. The minimum absolute atomic E-state index is 0.0408. The van der Waals surface area contributed by atoms with Crippen molar-refractivity contribution in [1.82, 2.24) is 0 Å². The molecular formula is C33H34O2. The summed E-state index contributed by atoms with van der Waals surface area (Å²) in [6, 6.07) is 31.0. The van der Waals surface area contributed by atoms with Gasteiger partial charge in [0.2, 0.25) is 0 Å². The van der Waals surface area contributed by atoms with Crippen LogP contribution in [0.2, 0.25) is 0 Å². The Balaban J connectivity index is 1.65. The van der Waals surface area contributed by atoms with Gasteiger partial charge in [-0.25, -0.2) is 0 Å². The van der Waals surface area contributed by atoms with Crippen LogP contribution in [0.4, 0.5) is 0 Å². The van der Waals surface area contributed by atoms with Crippen molar-refractivity contribution >= 4 is 0 Å². The topological polar surface area (TPSA) is 18.5 Å². The molecule has 0 radical (unpaired) electrons. The van der Waals surface area contributed by atoms with Gasteiger partial charge in [-0.05, 0) is 93.7 Å². The largest absolute Gasteiger partial charge is 0.497 e. The molecule has 1 aliphatic carbocycles.